The van der Waals surface area contributed by atoms with E-state index in [1.807, 2.05) is 54.6 Å². The van der Waals surface area contributed by atoms with Gasteiger partial charge in [-0.1, -0.05) is 48.0 Å². The van der Waals surface area contributed by atoms with Gasteiger partial charge in [-0.25, -0.2) is 4.79 Å². The molecule has 0 saturated carbocycles. The van der Waals surface area contributed by atoms with Gasteiger partial charge < -0.3 is 14.5 Å². The number of Topliss-reactive ketones (excluding diaryl/α,β-unsaturated/α-hetero) is 1. The van der Waals surface area contributed by atoms with Crippen LogP contribution < -0.4 is 4.74 Å². The Balaban J connectivity index is 1.44. The van der Waals surface area contributed by atoms with Gasteiger partial charge in [0, 0.05) is 22.7 Å². The molecule has 0 saturated heterocycles. The molecule has 154 valence electrons. The number of aromatic nitrogens is 1. The van der Waals surface area contributed by atoms with Crippen molar-refractivity contribution in [1.29, 1.82) is 0 Å². The van der Waals surface area contributed by atoms with Crippen molar-refractivity contribution in [2.24, 2.45) is 0 Å². The average molecular weight is 424 g/mol. The third-order valence-corrected chi connectivity index (χ3v) is 5.71. The molecular formula is C24H22ClNO4. The minimum absolute atomic E-state index is 0.0140. The quantitative estimate of drug-likeness (QED) is 0.441. The van der Waals surface area contributed by atoms with E-state index in [0.717, 1.165) is 17.0 Å². The van der Waals surface area contributed by atoms with Crippen LogP contribution in [0, 0.1) is 6.92 Å². The van der Waals surface area contributed by atoms with Crippen LogP contribution in [-0.4, -0.2) is 30.0 Å². The van der Waals surface area contributed by atoms with Gasteiger partial charge in [0.1, 0.15) is 24.7 Å². The molecular weight excluding hydrogens is 402 g/mol. The smallest absolute Gasteiger partial charge is 0.355 e. The molecule has 0 spiro atoms. The van der Waals surface area contributed by atoms with Gasteiger partial charge in [0.25, 0.3) is 0 Å². The monoisotopic (exact) mass is 423 g/mol. The van der Waals surface area contributed by atoms with E-state index >= 15 is 0 Å². The first-order valence-electron chi connectivity index (χ1n) is 9.88. The lowest BCUT2D eigenvalue weighted by Crippen LogP contribution is -2.18. The fraction of sp³-hybridized carbons (Fsp3) is 0.250. The van der Waals surface area contributed by atoms with Gasteiger partial charge in [-0.2, -0.15) is 0 Å². The summed E-state index contributed by atoms with van der Waals surface area (Å²) >= 11 is 6.33. The third kappa shape index (κ3) is 4.12. The van der Waals surface area contributed by atoms with Crippen molar-refractivity contribution >= 4 is 23.4 Å². The number of H-pyrrole nitrogens is 1. The standard InChI is InChI=1S/C24H22ClNO4/c1-15-22-20(13-16(14-21(22)27)18-9-5-6-10-19(18)25)26-23(15)24(28)30-12-11-29-17-7-3-2-4-8-17/h2-10,16,26H,11-14H2,1H3/t16-/m1/s1. The molecule has 4 rings (SSSR count). The minimum Gasteiger partial charge on any atom is -0.490 e. The van der Waals surface area contributed by atoms with Gasteiger partial charge >= 0.3 is 5.97 Å². The summed E-state index contributed by atoms with van der Waals surface area (Å²) in [6.45, 7) is 2.15. The Morgan fingerprint density at radius 2 is 1.80 bits per heavy atom. The lowest BCUT2D eigenvalue weighted by molar-refractivity contribution is 0.0443. The minimum atomic E-state index is -0.486. The number of para-hydroxylation sites is 1. The van der Waals surface area contributed by atoms with Crippen LogP contribution in [0.2, 0.25) is 5.02 Å². The van der Waals surface area contributed by atoms with Gasteiger partial charge in [0.2, 0.25) is 0 Å². The molecule has 1 N–H and O–H groups in total. The maximum absolute atomic E-state index is 12.8. The van der Waals surface area contributed by atoms with Crippen LogP contribution in [0.1, 0.15) is 50.0 Å². The molecule has 3 aromatic rings. The molecule has 0 radical (unpaired) electrons. The number of halogens is 1. The molecule has 0 bridgehead atoms. The van der Waals surface area contributed by atoms with E-state index in [4.69, 9.17) is 21.1 Å². The molecule has 1 aliphatic carbocycles. The second-order valence-electron chi connectivity index (χ2n) is 7.33. The molecule has 0 fully saturated rings. The fourth-order valence-corrected chi connectivity index (χ4v) is 4.24. The third-order valence-electron chi connectivity index (χ3n) is 5.37. The summed E-state index contributed by atoms with van der Waals surface area (Å²) in [5.74, 6) is 0.234. The first-order chi connectivity index (χ1) is 14.5. The summed E-state index contributed by atoms with van der Waals surface area (Å²) < 4.78 is 10.9. The number of esters is 1. The fourth-order valence-electron chi connectivity index (χ4n) is 3.95. The zero-order valence-electron chi connectivity index (χ0n) is 16.6. The Hall–Kier alpha value is -3.05. The van der Waals surface area contributed by atoms with E-state index in [9.17, 15) is 9.59 Å². The number of hydrogen-bond donors (Lipinski definition) is 1. The number of carbonyl (C=O) groups is 2. The van der Waals surface area contributed by atoms with Gasteiger partial charge in [-0.05, 0) is 48.6 Å². The maximum Gasteiger partial charge on any atom is 0.355 e. The molecule has 0 amide bonds. The summed E-state index contributed by atoms with van der Waals surface area (Å²) in [5.41, 5.74) is 3.29. The van der Waals surface area contributed by atoms with E-state index < -0.39 is 5.97 Å². The first kappa shape index (κ1) is 20.2. The van der Waals surface area contributed by atoms with Crippen molar-refractivity contribution in [2.75, 3.05) is 13.2 Å². The van der Waals surface area contributed by atoms with Crippen LogP contribution in [0.25, 0.3) is 0 Å². The van der Waals surface area contributed by atoms with Gasteiger partial charge in [0.15, 0.2) is 5.78 Å². The predicted octanol–water partition coefficient (Wildman–Crippen LogP) is 5.13. The highest BCUT2D eigenvalue weighted by Crippen LogP contribution is 2.37. The van der Waals surface area contributed by atoms with Crippen molar-refractivity contribution in [3.05, 3.63) is 87.7 Å². The summed E-state index contributed by atoms with van der Waals surface area (Å²) in [6.07, 6.45) is 0.991. The highest BCUT2D eigenvalue weighted by Gasteiger charge is 2.32. The Morgan fingerprint density at radius 3 is 2.57 bits per heavy atom. The van der Waals surface area contributed by atoms with Crippen molar-refractivity contribution < 1.29 is 19.1 Å². The van der Waals surface area contributed by atoms with Crippen LogP contribution in [0.3, 0.4) is 0 Å². The zero-order chi connectivity index (χ0) is 21.1. The van der Waals surface area contributed by atoms with Crippen LogP contribution in [0.5, 0.6) is 5.75 Å². The topological polar surface area (TPSA) is 68.4 Å². The number of rotatable bonds is 6. The number of fused-ring (bicyclic) bond motifs is 1. The van der Waals surface area contributed by atoms with Crippen LogP contribution in [0.4, 0.5) is 0 Å². The van der Waals surface area contributed by atoms with Crippen molar-refractivity contribution in [2.45, 2.75) is 25.7 Å². The number of carbonyl (C=O) groups excluding carboxylic acids is 2. The van der Waals surface area contributed by atoms with E-state index in [1.54, 1.807) is 6.92 Å². The van der Waals surface area contributed by atoms with Crippen LogP contribution in [0.15, 0.2) is 54.6 Å². The lowest BCUT2D eigenvalue weighted by Gasteiger charge is -2.22. The second-order valence-corrected chi connectivity index (χ2v) is 7.73. The number of ketones is 1. The Morgan fingerprint density at radius 1 is 1.07 bits per heavy atom. The summed E-state index contributed by atoms with van der Waals surface area (Å²) in [4.78, 5) is 28.5. The molecule has 1 heterocycles. The molecule has 30 heavy (non-hydrogen) atoms. The molecule has 1 atom stereocenters. The number of hydrogen-bond acceptors (Lipinski definition) is 4. The van der Waals surface area contributed by atoms with Gasteiger partial charge in [-0.15, -0.1) is 0 Å². The number of nitrogens with one attached hydrogen (secondary N) is 1. The highest BCUT2D eigenvalue weighted by atomic mass is 35.5. The van der Waals surface area contributed by atoms with Crippen molar-refractivity contribution in [1.82, 2.24) is 4.98 Å². The lowest BCUT2D eigenvalue weighted by atomic mass is 9.81. The molecule has 0 unspecified atom stereocenters. The van der Waals surface area contributed by atoms with E-state index in [1.165, 1.54) is 0 Å². The largest absolute Gasteiger partial charge is 0.490 e. The van der Waals surface area contributed by atoms with Gasteiger partial charge in [0.05, 0.1) is 0 Å². The maximum atomic E-state index is 12.8. The summed E-state index contributed by atoms with van der Waals surface area (Å²) in [6, 6.07) is 16.9. The van der Waals surface area contributed by atoms with Gasteiger partial charge in [-0.3, -0.25) is 4.79 Å². The van der Waals surface area contributed by atoms with Crippen molar-refractivity contribution in [3.63, 3.8) is 0 Å². The van der Waals surface area contributed by atoms with Crippen molar-refractivity contribution in [3.8, 4) is 5.75 Å². The Labute approximate surface area is 180 Å². The van der Waals surface area contributed by atoms with E-state index in [0.29, 0.717) is 34.7 Å². The van der Waals surface area contributed by atoms with E-state index in [2.05, 4.69) is 4.98 Å². The Kier molecular flexibility index (Phi) is 5.91. The SMILES string of the molecule is Cc1c(C(=O)OCCOc2ccccc2)[nH]c2c1C(=O)C[C@H](c1ccccc1Cl)C2. The second kappa shape index (κ2) is 8.76. The molecule has 6 heteroatoms. The summed E-state index contributed by atoms with van der Waals surface area (Å²) in [7, 11) is 0. The molecule has 1 aliphatic rings. The average Bonchev–Trinajstić information content (AvgIpc) is 3.09. The molecule has 2 aromatic carbocycles. The predicted molar refractivity (Wildman–Crippen MR) is 115 cm³/mol. The van der Waals surface area contributed by atoms with E-state index in [-0.39, 0.29) is 24.9 Å². The zero-order valence-corrected chi connectivity index (χ0v) is 17.4. The molecule has 0 aliphatic heterocycles. The molecule has 5 nitrogen and oxygen atoms in total. The van der Waals surface area contributed by atoms with Crippen LogP contribution >= 0.6 is 11.6 Å². The summed E-state index contributed by atoms with van der Waals surface area (Å²) in [5, 5.41) is 0.653. The highest BCUT2D eigenvalue weighted by molar-refractivity contribution is 6.31. The molecule has 1 aromatic heterocycles. The number of benzene rings is 2. The Bertz CT molecular complexity index is 1070. The number of aromatic amines is 1. The normalized spacial score (nSPS) is 15.5. The number of ether oxygens (including phenoxy) is 2. The first-order valence-corrected chi connectivity index (χ1v) is 10.3. The van der Waals surface area contributed by atoms with Crippen LogP contribution in [-0.2, 0) is 11.2 Å².